The first-order chi connectivity index (χ1) is 18.9. The van der Waals surface area contributed by atoms with Gasteiger partial charge in [-0.05, 0) is 87.6 Å². The first-order valence-corrected chi connectivity index (χ1v) is 15.8. The van der Waals surface area contributed by atoms with Gasteiger partial charge in [-0.1, -0.05) is 11.6 Å². The summed E-state index contributed by atoms with van der Waals surface area (Å²) in [6.45, 7) is 3.61. The number of halogens is 1. The Hall–Kier alpha value is -2.75. The zero-order valence-corrected chi connectivity index (χ0v) is 23.7. The second-order valence-electron chi connectivity index (χ2n) is 11.1. The number of aromatic nitrogens is 4. The minimum absolute atomic E-state index is 0.174. The molecular weight excluding hydrogens is 534 g/mol. The van der Waals surface area contributed by atoms with Gasteiger partial charge in [-0.3, -0.25) is 0 Å². The van der Waals surface area contributed by atoms with Crippen molar-refractivity contribution >= 4 is 43.6 Å². The third-order valence-electron chi connectivity index (χ3n) is 8.26. The lowest BCUT2D eigenvalue weighted by atomic mass is 9.80. The fourth-order valence-corrected chi connectivity index (χ4v) is 8.38. The van der Waals surface area contributed by atoms with Crippen LogP contribution in [0.1, 0.15) is 56.0 Å². The van der Waals surface area contributed by atoms with Gasteiger partial charge in [0.25, 0.3) is 0 Å². The van der Waals surface area contributed by atoms with Gasteiger partial charge >= 0.3 is 0 Å². The third kappa shape index (κ3) is 5.76. The number of pyridine rings is 1. The fraction of sp³-hybridized carbons (Fsp3) is 0.483. The number of fused-ring (bicyclic) bond motifs is 3. The van der Waals surface area contributed by atoms with Crippen molar-refractivity contribution in [1.82, 2.24) is 24.2 Å². The van der Waals surface area contributed by atoms with Gasteiger partial charge < -0.3 is 9.72 Å². The molecule has 1 aliphatic carbocycles. The molecule has 0 spiro atoms. The first-order valence-electron chi connectivity index (χ1n) is 13.8. The van der Waals surface area contributed by atoms with Crippen LogP contribution in [-0.4, -0.2) is 58.1 Å². The molecule has 2 aliphatic rings. The highest BCUT2D eigenvalue weighted by Gasteiger charge is 2.33. The van der Waals surface area contributed by atoms with Crippen molar-refractivity contribution in [2.45, 2.75) is 51.4 Å². The molecule has 0 radical (unpaired) electrons. The largest absolute Gasteiger partial charge is 0.493 e. The number of ether oxygens (including phenoxy) is 1. The van der Waals surface area contributed by atoms with Gasteiger partial charge in [-0.15, -0.1) is 0 Å². The predicted molar refractivity (Wildman–Crippen MR) is 154 cm³/mol. The Morgan fingerprint density at radius 3 is 2.64 bits per heavy atom. The SMILES string of the molecule is Cc1nc2cnc3nccc3c2c(C2CCC(CS(=O)(=O)N3CCCC(COc4ccc(Cl)cc4)C3)CC2)[nH]1. The summed E-state index contributed by atoms with van der Waals surface area (Å²) in [7, 11) is -3.32. The Kier molecular flexibility index (Phi) is 7.48. The number of nitrogens with one attached hydrogen (secondary N) is 1. The van der Waals surface area contributed by atoms with E-state index >= 15 is 0 Å². The second-order valence-corrected chi connectivity index (χ2v) is 13.5. The molecule has 0 amide bonds. The van der Waals surface area contributed by atoms with Crippen molar-refractivity contribution in [2.75, 3.05) is 25.4 Å². The van der Waals surface area contributed by atoms with Gasteiger partial charge in [0, 0.05) is 46.7 Å². The van der Waals surface area contributed by atoms with Crippen molar-refractivity contribution < 1.29 is 13.2 Å². The van der Waals surface area contributed by atoms with E-state index in [0.29, 0.717) is 30.6 Å². The van der Waals surface area contributed by atoms with Crippen LogP contribution in [-0.2, 0) is 10.0 Å². The number of aromatic amines is 1. The van der Waals surface area contributed by atoms with Gasteiger partial charge in [0.05, 0.1) is 24.1 Å². The maximum atomic E-state index is 13.4. The van der Waals surface area contributed by atoms with E-state index in [4.69, 9.17) is 16.3 Å². The summed E-state index contributed by atoms with van der Waals surface area (Å²) < 4.78 is 34.5. The molecule has 4 aromatic rings. The molecule has 1 aliphatic heterocycles. The topological polar surface area (TPSA) is 101 Å². The maximum absolute atomic E-state index is 13.4. The summed E-state index contributed by atoms with van der Waals surface area (Å²) in [4.78, 5) is 17.0. The highest BCUT2D eigenvalue weighted by molar-refractivity contribution is 7.89. The van der Waals surface area contributed by atoms with Crippen LogP contribution in [0.3, 0.4) is 0 Å². The smallest absolute Gasteiger partial charge is 0.214 e. The first kappa shape index (κ1) is 26.5. The number of sulfonamides is 1. The molecule has 2 fully saturated rings. The van der Waals surface area contributed by atoms with E-state index in [0.717, 1.165) is 72.0 Å². The Labute approximate surface area is 234 Å². The number of piperidine rings is 1. The quantitative estimate of drug-likeness (QED) is 0.300. The molecule has 6 rings (SSSR count). The molecule has 8 nitrogen and oxygen atoms in total. The van der Waals surface area contributed by atoms with E-state index in [9.17, 15) is 8.42 Å². The highest BCUT2D eigenvalue weighted by Crippen LogP contribution is 2.40. The molecular formula is C29H34ClN5O3S. The van der Waals surface area contributed by atoms with Crippen LogP contribution in [0.4, 0.5) is 0 Å². The van der Waals surface area contributed by atoms with E-state index in [1.54, 1.807) is 28.8 Å². The Balaban J connectivity index is 1.08. The number of hydrogen-bond donors (Lipinski definition) is 1. The monoisotopic (exact) mass is 567 g/mol. The number of H-pyrrole nitrogens is 1. The van der Waals surface area contributed by atoms with Gasteiger partial charge in [0.1, 0.15) is 11.6 Å². The summed E-state index contributed by atoms with van der Waals surface area (Å²) >= 11 is 5.96. The van der Waals surface area contributed by atoms with Crippen molar-refractivity contribution in [2.24, 2.45) is 11.8 Å². The van der Waals surface area contributed by atoms with Gasteiger partial charge in [0.15, 0.2) is 5.65 Å². The fourth-order valence-electron chi connectivity index (χ4n) is 6.27. The van der Waals surface area contributed by atoms with Gasteiger partial charge in [-0.25, -0.2) is 27.7 Å². The molecule has 1 N–H and O–H groups in total. The van der Waals surface area contributed by atoms with E-state index in [-0.39, 0.29) is 17.6 Å². The molecule has 39 heavy (non-hydrogen) atoms. The average molecular weight is 568 g/mol. The average Bonchev–Trinajstić information content (AvgIpc) is 3.42. The molecule has 4 heterocycles. The standard InChI is InChI=1S/C29H34ClN5O3S/c1-19-33-26-15-32-29-25(12-13-31-29)27(26)28(34-19)22-6-4-20(5-7-22)18-39(36,37)35-14-2-3-21(16-35)17-38-24-10-8-23(30)9-11-24/h8-13,15,20-22H,2-7,14,16-18H2,1H3,(H,33,34). The van der Waals surface area contributed by atoms with E-state index < -0.39 is 10.0 Å². The van der Waals surface area contributed by atoms with Crippen molar-refractivity contribution in [3.05, 3.63) is 59.3 Å². The summed E-state index contributed by atoms with van der Waals surface area (Å²) in [6.07, 6.45) is 9.12. The Bertz CT molecular complexity index is 1570. The number of nitrogens with zero attached hydrogens (tertiary/aromatic N) is 4. The van der Waals surface area contributed by atoms with E-state index in [2.05, 4.69) is 19.9 Å². The molecule has 3 aromatic heterocycles. The molecule has 10 heteroatoms. The molecule has 1 aromatic carbocycles. The van der Waals surface area contributed by atoms with Crippen LogP contribution in [0, 0.1) is 18.8 Å². The lowest BCUT2D eigenvalue weighted by Gasteiger charge is -2.34. The Morgan fingerprint density at radius 2 is 1.85 bits per heavy atom. The molecule has 1 saturated heterocycles. The third-order valence-corrected chi connectivity index (χ3v) is 10.5. The number of rotatable bonds is 7. The maximum Gasteiger partial charge on any atom is 0.214 e. The van der Waals surface area contributed by atoms with Crippen molar-refractivity contribution in [3.8, 4) is 5.75 Å². The molecule has 1 saturated carbocycles. The second kappa shape index (κ2) is 11.0. The van der Waals surface area contributed by atoms with E-state index in [1.165, 1.54) is 5.69 Å². The zero-order valence-electron chi connectivity index (χ0n) is 22.1. The molecule has 206 valence electrons. The van der Waals surface area contributed by atoms with Crippen LogP contribution in [0.5, 0.6) is 5.75 Å². The predicted octanol–water partition coefficient (Wildman–Crippen LogP) is 5.86. The number of hydrogen-bond acceptors (Lipinski definition) is 6. The van der Waals surface area contributed by atoms with Gasteiger partial charge in [0.2, 0.25) is 10.0 Å². The molecule has 0 bridgehead atoms. The summed E-state index contributed by atoms with van der Waals surface area (Å²) in [5, 5.41) is 2.79. The van der Waals surface area contributed by atoms with Crippen molar-refractivity contribution in [1.29, 1.82) is 0 Å². The lowest BCUT2D eigenvalue weighted by Crippen LogP contribution is -2.43. The number of benzene rings is 1. The minimum atomic E-state index is -3.32. The highest BCUT2D eigenvalue weighted by atomic mass is 35.5. The normalized spacial score (nSPS) is 22.9. The summed E-state index contributed by atoms with van der Waals surface area (Å²) in [6, 6.07) is 9.30. The molecule has 1 atom stereocenters. The summed E-state index contributed by atoms with van der Waals surface area (Å²) in [5.41, 5.74) is 2.80. The van der Waals surface area contributed by atoms with Crippen molar-refractivity contribution in [3.63, 3.8) is 0 Å². The van der Waals surface area contributed by atoms with Crippen LogP contribution in [0.25, 0.3) is 21.9 Å². The van der Waals surface area contributed by atoms with Crippen LogP contribution < -0.4 is 4.74 Å². The van der Waals surface area contributed by atoms with E-state index in [1.807, 2.05) is 25.1 Å². The lowest BCUT2D eigenvalue weighted by molar-refractivity contribution is 0.179. The van der Waals surface area contributed by atoms with Crippen LogP contribution in [0.2, 0.25) is 5.02 Å². The zero-order chi connectivity index (χ0) is 27.0. The Morgan fingerprint density at radius 1 is 1.05 bits per heavy atom. The number of aryl methyl sites for hydroxylation is 1. The van der Waals surface area contributed by atoms with Crippen LogP contribution in [0.15, 0.2) is 42.7 Å². The van der Waals surface area contributed by atoms with Gasteiger partial charge in [-0.2, -0.15) is 0 Å². The summed E-state index contributed by atoms with van der Waals surface area (Å²) in [5.74, 6) is 2.55. The molecule has 1 unspecified atom stereocenters. The van der Waals surface area contributed by atoms with Crippen LogP contribution >= 0.6 is 11.6 Å². The minimum Gasteiger partial charge on any atom is -0.493 e.